The first-order valence-corrected chi connectivity index (χ1v) is 5.99. The topological polar surface area (TPSA) is 34.1 Å². The standard InChI is InChI=1S/C9H16O2S/c1-4-5-8-6-7-12(10,11)9(8,2)3/h6H,4-5,7H2,1-3H3. The van der Waals surface area contributed by atoms with Crippen molar-refractivity contribution in [3.63, 3.8) is 0 Å². The molecule has 0 N–H and O–H groups in total. The van der Waals surface area contributed by atoms with Crippen LogP contribution in [-0.2, 0) is 9.84 Å². The molecule has 0 aromatic carbocycles. The van der Waals surface area contributed by atoms with Crippen LogP contribution in [0.3, 0.4) is 0 Å². The van der Waals surface area contributed by atoms with Crippen molar-refractivity contribution in [1.82, 2.24) is 0 Å². The van der Waals surface area contributed by atoms with Gasteiger partial charge in [0.25, 0.3) is 0 Å². The van der Waals surface area contributed by atoms with Crippen LogP contribution >= 0.6 is 0 Å². The van der Waals surface area contributed by atoms with E-state index in [-0.39, 0.29) is 5.75 Å². The summed E-state index contributed by atoms with van der Waals surface area (Å²) in [6.07, 6.45) is 3.80. The van der Waals surface area contributed by atoms with E-state index in [2.05, 4.69) is 6.92 Å². The minimum absolute atomic E-state index is 0.231. The molecule has 0 saturated heterocycles. The molecule has 2 nitrogen and oxygen atoms in total. The molecule has 0 spiro atoms. The molecule has 0 unspecified atom stereocenters. The van der Waals surface area contributed by atoms with E-state index in [0.717, 1.165) is 18.4 Å². The van der Waals surface area contributed by atoms with Crippen molar-refractivity contribution in [2.24, 2.45) is 0 Å². The molecule has 3 heteroatoms. The fourth-order valence-corrected chi connectivity index (χ4v) is 2.96. The summed E-state index contributed by atoms with van der Waals surface area (Å²) in [4.78, 5) is 0. The second kappa shape index (κ2) is 2.87. The van der Waals surface area contributed by atoms with Crippen molar-refractivity contribution in [1.29, 1.82) is 0 Å². The summed E-state index contributed by atoms with van der Waals surface area (Å²) in [5, 5.41) is 0. The lowest BCUT2D eigenvalue weighted by Crippen LogP contribution is -2.30. The summed E-state index contributed by atoms with van der Waals surface area (Å²) in [6.45, 7) is 5.68. The molecule has 0 bridgehead atoms. The van der Waals surface area contributed by atoms with Gasteiger partial charge in [0.05, 0.1) is 10.5 Å². The maximum atomic E-state index is 11.5. The first kappa shape index (κ1) is 9.78. The Kier molecular flexibility index (Phi) is 2.34. The molecule has 1 aliphatic rings. The Labute approximate surface area is 74.6 Å². The van der Waals surface area contributed by atoms with Crippen molar-refractivity contribution in [2.45, 2.75) is 38.4 Å². The third-order valence-corrected chi connectivity index (χ3v) is 5.04. The highest BCUT2D eigenvalue weighted by Crippen LogP contribution is 2.34. The van der Waals surface area contributed by atoms with E-state index in [1.165, 1.54) is 0 Å². The SMILES string of the molecule is CCCC1=CCS(=O)(=O)C1(C)C. The van der Waals surface area contributed by atoms with Crippen molar-refractivity contribution < 1.29 is 8.42 Å². The van der Waals surface area contributed by atoms with E-state index in [1.807, 2.05) is 6.08 Å². The second-order valence-corrected chi connectivity index (χ2v) is 6.35. The third kappa shape index (κ3) is 1.30. The molecule has 0 saturated carbocycles. The van der Waals surface area contributed by atoms with Crippen molar-refractivity contribution >= 4 is 9.84 Å². The highest BCUT2D eigenvalue weighted by atomic mass is 32.2. The summed E-state index contributed by atoms with van der Waals surface area (Å²) in [5.74, 6) is 0.231. The minimum Gasteiger partial charge on any atom is -0.228 e. The monoisotopic (exact) mass is 188 g/mol. The van der Waals surface area contributed by atoms with E-state index in [0.29, 0.717) is 0 Å². The van der Waals surface area contributed by atoms with Gasteiger partial charge in [-0.15, -0.1) is 0 Å². The molecule has 0 atom stereocenters. The predicted octanol–water partition coefficient (Wildman–Crippen LogP) is 1.92. The molecule has 0 aromatic rings. The quantitative estimate of drug-likeness (QED) is 0.620. The molecule has 1 rings (SSSR count). The largest absolute Gasteiger partial charge is 0.228 e. The van der Waals surface area contributed by atoms with Gasteiger partial charge in [-0.25, -0.2) is 8.42 Å². The Morgan fingerprint density at radius 3 is 2.42 bits per heavy atom. The average Bonchev–Trinajstić information content (AvgIpc) is 2.13. The highest BCUT2D eigenvalue weighted by Gasteiger charge is 2.40. The molecule has 0 radical (unpaired) electrons. The second-order valence-electron chi connectivity index (χ2n) is 3.77. The summed E-state index contributed by atoms with van der Waals surface area (Å²) >= 11 is 0. The lowest BCUT2D eigenvalue weighted by Gasteiger charge is -2.21. The predicted molar refractivity (Wildman–Crippen MR) is 50.9 cm³/mol. The molecular weight excluding hydrogens is 172 g/mol. The van der Waals surface area contributed by atoms with Gasteiger partial charge >= 0.3 is 0 Å². The zero-order chi connectivity index (χ0) is 9.41. The molecular formula is C9H16O2S. The molecule has 0 aromatic heterocycles. The van der Waals surface area contributed by atoms with Gasteiger partial charge in [-0.2, -0.15) is 0 Å². The van der Waals surface area contributed by atoms with Gasteiger partial charge in [-0.1, -0.05) is 25.0 Å². The minimum atomic E-state index is -2.89. The molecule has 0 amide bonds. The highest BCUT2D eigenvalue weighted by molar-refractivity contribution is 7.93. The normalized spacial score (nSPS) is 25.4. The molecule has 1 heterocycles. The summed E-state index contributed by atoms with van der Waals surface area (Å²) in [7, 11) is -2.89. The van der Waals surface area contributed by atoms with Crippen molar-refractivity contribution in [2.75, 3.05) is 5.75 Å². The average molecular weight is 188 g/mol. The van der Waals surface area contributed by atoms with Gasteiger partial charge in [0.15, 0.2) is 9.84 Å². The van der Waals surface area contributed by atoms with Crippen LogP contribution in [0.1, 0.15) is 33.6 Å². The fraction of sp³-hybridized carbons (Fsp3) is 0.778. The Morgan fingerprint density at radius 1 is 1.50 bits per heavy atom. The van der Waals surface area contributed by atoms with E-state index < -0.39 is 14.6 Å². The van der Waals surface area contributed by atoms with Crippen LogP contribution in [0.15, 0.2) is 11.6 Å². The zero-order valence-corrected chi connectivity index (χ0v) is 8.74. The van der Waals surface area contributed by atoms with E-state index in [4.69, 9.17) is 0 Å². The van der Waals surface area contributed by atoms with Gasteiger partial charge in [-0.3, -0.25) is 0 Å². The molecule has 0 aliphatic carbocycles. The number of hydrogen-bond acceptors (Lipinski definition) is 2. The van der Waals surface area contributed by atoms with Gasteiger partial charge in [0.2, 0.25) is 0 Å². The summed E-state index contributed by atoms with van der Waals surface area (Å²) in [6, 6.07) is 0. The lowest BCUT2D eigenvalue weighted by molar-refractivity contribution is 0.571. The van der Waals surface area contributed by atoms with Gasteiger partial charge in [-0.05, 0) is 20.3 Å². The molecule has 1 aliphatic heterocycles. The third-order valence-electron chi connectivity index (χ3n) is 2.62. The first-order chi connectivity index (χ1) is 5.42. The number of sulfone groups is 1. The van der Waals surface area contributed by atoms with Crippen LogP contribution < -0.4 is 0 Å². The number of hydrogen-bond donors (Lipinski definition) is 0. The Balaban J connectivity index is 2.97. The van der Waals surface area contributed by atoms with Crippen LogP contribution in [0.25, 0.3) is 0 Å². The Morgan fingerprint density at radius 2 is 2.08 bits per heavy atom. The Bertz CT molecular complexity index is 296. The van der Waals surface area contributed by atoms with E-state index in [1.54, 1.807) is 13.8 Å². The van der Waals surface area contributed by atoms with Crippen LogP contribution in [0.5, 0.6) is 0 Å². The smallest absolute Gasteiger partial charge is 0.162 e. The lowest BCUT2D eigenvalue weighted by atomic mass is 9.98. The summed E-state index contributed by atoms with van der Waals surface area (Å²) in [5.41, 5.74) is 1.09. The van der Waals surface area contributed by atoms with Crippen molar-refractivity contribution in [3.05, 3.63) is 11.6 Å². The first-order valence-electron chi connectivity index (χ1n) is 4.33. The summed E-state index contributed by atoms with van der Waals surface area (Å²) < 4.78 is 22.4. The maximum absolute atomic E-state index is 11.5. The van der Waals surface area contributed by atoms with Crippen LogP contribution in [0.2, 0.25) is 0 Å². The van der Waals surface area contributed by atoms with Gasteiger partial charge in [0.1, 0.15) is 0 Å². The number of rotatable bonds is 2. The van der Waals surface area contributed by atoms with Gasteiger partial charge < -0.3 is 0 Å². The molecule has 70 valence electrons. The van der Waals surface area contributed by atoms with Crippen LogP contribution in [0.4, 0.5) is 0 Å². The van der Waals surface area contributed by atoms with E-state index in [9.17, 15) is 8.42 Å². The van der Waals surface area contributed by atoms with Crippen LogP contribution in [-0.4, -0.2) is 18.9 Å². The van der Waals surface area contributed by atoms with Crippen molar-refractivity contribution in [3.8, 4) is 0 Å². The molecule has 12 heavy (non-hydrogen) atoms. The van der Waals surface area contributed by atoms with Gasteiger partial charge in [0, 0.05) is 0 Å². The van der Waals surface area contributed by atoms with E-state index >= 15 is 0 Å². The fourth-order valence-electron chi connectivity index (χ4n) is 1.54. The maximum Gasteiger partial charge on any atom is 0.162 e. The molecule has 0 fully saturated rings. The zero-order valence-electron chi connectivity index (χ0n) is 7.92. The Hall–Kier alpha value is -0.310. The van der Waals surface area contributed by atoms with Crippen LogP contribution in [0, 0.1) is 0 Å².